The van der Waals surface area contributed by atoms with Crippen LogP contribution in [0.25, 0.3) is 0 Å². The van der Waals surface area contributed by atoms with Crippen molar-refractivity contribution in [3.05, 3.63) is 70.8 Å². The van der Waals surface area contributed by atoms with Crippen LogP contribution in [0.3, 0.4) is 0 Å². The molecule has 0 aliphatic carbocycles. The van der Waals surface area contributed by atoms with Gasteiger partial charge in [-0.3, -0.25) is 0 Å². The van der Waals surface area contributed by atoms with E-state index in [2.05, 4.69) is 6.92 Å². The highest BCUT2D eigenvalue weighted by atomic mass is 19.2. The van der Waals surface area contributed by atoms with Gasteiger partial charge in [0.2, 0.25) is 0 Å². The van der Waals surface area contributed by atoms with E-state index in [1.54, 1.807) is 0 Å². The van der Waals surface area contributed by atoms with E-state index in [1.165, 1.54) is 11.6 Å². The van der Waals surface area contributed by atoms with Crippen molar-refractivity contribution < 1.29 is 8.78 Å². The fourth-order valence-corrected chi connectivity index (χ4v) is 2.08. The van der Waals surface area contributed by atoms with Crippen molar-refractivity contribution in [3.63, 3.8) is 0 Å². The van der Waals surface area contributed by atoms with Crippen molar-refractivity contribution in [1.29, 1.82) is 0 Å². The van der Waals surface area contributed by atoms with Gasteiger partial charge in [-0.25, -0.2) is 8.78 Å². The van der Waals surface area contributed by atoms with E-state index in [9.17, 15) is 8.78 Å². The van der Waals surface area contributed by atoms with Gasteiger partial charge in [-0.05, 0) is 35.2 Å². The Labute approximate surface area is 112 Å². The lowest BCUT2D eigenvalue weighted by molar-refractivity contribution is 0.506. The van der Waals surface area contributed by atoms with Crippen molar-refractivity contribution in [1.82, 2.24) is 0 Å². The topological polar surface area (TPSA) is 26.0 Å². The molecule has 0 saturated heterocycles. The van der Waals surface area contributed by atoms with Crippen LogP contribution >= 0.6 is 0 Å². The average molecular weight is 261 g/mol. The largest absolute Gasteiger partial charge is 0.320 e. The van der Waals surface area contributed by atoms with Crippen LogP contribution in [-0.4, -0.2) is 0 Å². The molecule has 1 unspecified atom stereocenters. The lowest BCUT2D eigenvalue weighted by Gasteiger charge is -2.13. The third-order valence-electron chi connectivity index (χ3n) is 3.18. The number of hydrogen-bond donors (Lipinski definition) is 1. The zero-order chi connectivity index (χ0) is 13.8. The smallest absolute Gasteiger partial charge is 0.159 e. The van der Waals surface area contributed by atoms with Crippen molar-refractivity contribution in [3.8, 4) is 0 Å². The summed E-state index contributed by atoms with van der Waals surface area (Å²) in [5, 5.41) is 0. The Bertz CT molecular complexity index is 549. The summed E-state index contributed by atoms with van der Waals surface area (Å²) in [5.74, 6) is -1.72. The Morgan fingerprint density at radius 1 is 0.947 bits per heavy atom. The van der Waals surface area contributed by atoms with E-state index in [4.69, 9.17) is 5.73 Å². The highest BCUT2D eigenvalue weighted by Crippen LogP contribution is 2.22. The highest BCUT2D eigenvalue weighted by Gasteiger charge is 2.11. The van der Waals surface area contributed by atoms with Crippen LogP contribution in [0.15, 0.2) is 42.5 Å². The standard InChI is InChI=1S/C16H17F2N/c1-2-3-11-4-6-12(7-5-11)16(19)13-8-9-14(17)15(18)10-13/h4-10,16H,2-3,19H2,1H3. The maximum Gasteiger partial charge on any atom is 0.159 e. The van der Waals surface area contributed by atoms with E-state index in [-0.39, 0.29) is 0 Å². The fraction of sp³-hybridized carbons (Fsp3) is 0.250. The van der Waals surface area contributed by atoms with Crippen LogP contribution in [0.1, 0.15) is 36.1 Å². The van der Waals surface area contributed by atoms with Crippen LogP contribution in [-0.2, 0) is 6.42 Å². The Kier molecular flexibility index (Phi) is 4.27. The first-order valence-corrected chi connectivity index (χ1v) is 6.41. The molecular weight excluding hydrogens is 244 g/mol. The van der Waals surface area contributed by atoms with Gasteiger partial charge in [-0.15, -0.1) is 0 Å². The SMILES string of the molecule is CCCc1ccc(C(N)c2ccc(F)c(F)c2)cc1. The lowest BCUT2D eigenvalue weighted by Crippen LogP contribution is -2.12. The number of rotatable bonds is 4. The zero-order valence-corrected chi connectivity index (χ0v) is 10.9. The number of benzene rings is 2. The second-order valence-electron chi connectivity index (χ2n) is 4.64. The molecule has 2 aromatic rings. The zero-order valence-electron chi connectivity index (χ0n) is 10.9. The molecule has 0 aromatic heterocycles. The molecule has 0 saturated carbocycles. The van der Waals surface area contributed by atoms with Gasteiger partial charge in [-0.1, -0.05) is 43.7 Å². The minimum atomic E-state index is -0.865. The summed E-state index contributed by atoms with van der Waals surface area (Å²) in [6.45, 7) is 2.13. The van der Waals surface area contributed by atoms with Gasteiger partial charge in [0.05, 0.1) is 6.04 Å². The molecule has 0 aliphatic heterocycles. The molecule has 100 valence electrons. The Balaban J connectivity index is 2.22. The molecule has 0 spiro atoms. The van der Waals surface area contributed by atoms with E-state index < -0.39 is 17.7 Å². The second-order valence-corrected chi connectivity index (χ2v) is 4.64. The summed E-state index contributed by atoms with van der Waals surface area (Å²) in [6, 6.07) is 11.3. The Hall–Kier alpha value is -1.74. The van der Waals surface area contributed by atoms with Gasteiger partial charge < -0.3 is 5.73 Å². The molecule has 1 atom stereocenters. The first kappa shape index (κ1) is 13.7. The maximum absolute atomic E-state index is 13.2. The third-order valence-corrected chi connectivity index (χ3v) is 3.18. The predicted octanol–water partition coefficient (Wildman–Crippen LogP) is 3.97. The molecule has 19 heavy (non-hydrogen) atoms. The Morgan fingerprint density at radius 2 is 1.58 bits per heavy atom. The molecule has 2 N–H and O–H groups in total. The average Bonchev–Trinajstić information content (AvgIpc) is 2.42. The summed E-state index contributed by atoms with van der Waals surface area (Å²) < 4.78 is 26.1. The van der Waals surface area contributed by atoms with Crippen molar-refractivity contribution >= 4 is 0 Å². The fourth-order valence-electron chi connectivity index (χ4n) is 2.08. The Morgan fingerprint density at radius 3 is 2.16 bits per heavy atom. The van der Waals surface area contributed by atoms with Crippen LogP contribution in [0.5, 0.6) is 0 Å². The minimum Gasteiger partial charge on any atom is -0.320 e. The van der Waals surface area contributed by atoms with Crippen LogP contribution in [0.2, 0.25) is 0 Å². The van der Waals surface area contributed by atoms with Crippen LogP contribution in [0, 0.1) is 11.6 Å². The third kappa shape index (κ3) is 3.18. The van der Waals surface area contributed by atoms with Gasteiger partial charge in [-0.2, -0.15) is 0 Å². The normalized spacial score (nSPS) is 12.4. The molecule has 2 aromatic carbocycles. The first-order chi connectivity index (χ1) is 9.11. The summed E-state index contributed by atoms with van der Waals surface area (Å²) >= 11 is 0. The predicted molar refractivity (Wildman–Crippen MR) is 72.8 cm³/mol. The maximum atomic E-state index is 13.2. The molecule has 0 heterocycles. The van der Waals surface area contributed by atoms with Gasteiger partial charge in [0.25, 0.3) is 0 Å². The molecule has 0 fully saturated rings. The van der Waals surface area contributed by atoms with Gasteiger partial charge >= 0.3 is 0 Å². The van der Waals surface area contributed by atoms with E-state index in [0.29, 0.717) is 5.56 Å². The van der Waals surface area contributed by atoms with Gasteiger partial charge in [0.15, 0.2) is 11.6 Å². The van der Waals surface area contributed by atoms with Crippen molar-refractivity contribution in [2.75, 3.05) is 0 Å². The number of hydrogen-bond acceptors (Lipinski definition) is 1. The number of halogens is 2. The number of nitrogens with two attached hydrogens (primary N) is 1. The van der Waals surface area contributed by atoms with E-state index in [0.717, 1.165) is 30.5 Å². The molecule has 3 heteroatoms. The first-order valence-electron chi connectivity index (χ1n) is 6.41. The lowest BCUT2D eigenvalue weighted by atomic mass is 9.97. The molecule has 2 rings (SSSR count). The molecule has 1 nitrogen and oxygen atoms in total. The number of aryl methyl sites for hydroxylation is 1. The highest BCUT2D eigenvalue weighted by molar-refractivity contribution is 5.33. The summed E-state index contributed by atoms with van der Waals surface area (Å²) in [7, 11) is 0. The molecule has 0 bridgehead atoms. The minimum absolute atomic E-state index is 0.439. The molecule has 0 radical (unpaired) electrons. The van der Waals surface area contributed by atoms with Crippen molar-refractivity contribution in [2.24, 2.45) is 5.73 Å². The molecular formula is C16H17F2N. The van der Waals surface area contributed by atoms with E-state index >= 15 is 0 Å². The summed E-state index contributed by atoms with van der Waals surface area (Å²) in [6.07, 6.45) is 2.12. The van der Waals surface area contributed by atoms with Gasteiger partial charge in [0, 0.05) is 0 Å². The second kappa shape index (κ2) is 5.93. The van der Waals surface area contributed by atoms with Crippen LogP contribution < -0.4 is 5.73 Å². The van der Waals surface area contributed by atoms with Gasteiger partial charge in [0.1, 0.15) is 0 Å². The quantitative estimate of drug-likeness (QED) is 0.885. The molecule has 0 aliphatic rings. The summed E-state index contributed by atoms with van der Waals surface area (Å²) in [4.78, 5) is 0. The van der Waals surface area contributed by atoms with E-state index in [1.807, 2.05) is 24.3 Å². The monoisotopic (exact) mass is 261 g/mol. The van der Waals surface area contributed by atoms with Crippen molar-refractivity contribution in [2.45, 2.75) is 25.8 Å². The summed E-state index contributed by atoms with van der Waals surface area (Å²) in [5.41, 5.74) is 8.79. The molecule has 0 amide bonds. The van der Waals surface area contributed by atoms with Crippen LogP contribution in [0.4, 0.5) is 8.78 Å².